The lowest BCUT2D eigenvalue weighted by Crippen LogP contribution is -2.41. The number of nitrogens with zero attached hydrogens (tertiary/aromatic N) is 2. The molecular formula is C13H25N3O2S. The third-order valence-electron chi connectivity index (χ3n) is 4.75. The fraction of sp³-hybridized carbons (Fsp3) is 1.00. The van der Waals surface area contributed by atoms with Gasteiger partial charge in [0.05, 0.1) is 5.75 Å². The molecule has 1 N–H and O–H groups in total. The van der Waals surface area contributed by atoms with E-state index in [0.717, 1.165) is 52.0 Å². The summed E-state index contributed by atoms with van der Waals surface area (Å²) in [6.07, 6.45) is 5.67. The third kappa shape index (κ3) is 3.12. The molecule has 110 valence electrons. The molecule has 0 amide bonds. The zero-order valence-corrected chi connectivity index (χ0v) is 12.4. The first-order valence-corrected chi connectivity index (χ1v) is 9.21. The molecule has 19 heavy (non-hydrogen) atoms. The lowest BCUT2D eigenvalue weighted by Gasteiger charge is -2.24. The summed E-state index contributed by atoms with van der Waals surface area (Å²) >= 11 is 0. The van der Waals surface area contributed by atoms with E-state index in [0.29, 0.717) is 11.8 Å². The highest BCUT2D eigenvalue weighted by Crippen LogP contribution is 2.23. The molecule has 3 rings (SSSR count). The van der Waals surface area contributed by atoms with Crippen LogP contribution < -0.4 is 5.32 Å². The highest BCUT2D eigenvalue weighted by atomic mass is 32.2. The molecule has 3 fully saturated rings. The molecule has 0 aliphatic carbocycles. The summed E-state index contributed by atoms with van der Waals surface area (Å²) in [6.45, 7) is 4.72. The van der Waals surface area contributed by atoms with E-state index in [4.69, 9.17) is 0 Å². The van der Waals surface area contributed by atoms with Gasteiger partial charge in [0.25, 0.3) is 0 Å². The Balaban J connectivity index is 1.56. The first-order chi connectivity index (χ1) is 9.15. The van der Waals surface area contributed by atoms with Crippen LogP contribution in [0.1, 0.15) is 32.1 Å². The van der Waals surface area contributed by atoms with Gasteiger partial charge in [-0.05, 0) is 51.7 Å². The van der Waals surface area contributed by atoms with Gasteiger partial charge in [0, 0.05) is 25.2 Å². The normalized spacial score (nSPS) is 34.3. The Morgan fingerprint density at radius 1 is 1.05 bits per heavy atom. The van der Waals surface area contributed by atoms with Gasteiger partial charge >= 0.3 is 0 Å². The Hall–Kier alpha value is -0.170. The van der Waals surface area contributed by atoms with Crippen molar-refractivity contribution < 1.29 is 8.42 Å². The molecule has 0 radical (unpaired) electrons. The van der Waals surface area contributed by atoms with E-state index in [1.165, 1.54) is 12.8 Å². The maximum Gasteiger partial charge on any atom is 0.215 e. The van der Waals surface area contributed by atoms with Crippen LogP contribution in [0.15, 0.2) is 0 Å². The smallest absolute Gasteiger partial charge is 0.215 e. The van der Waals surface area contributed by atoms with E-state index >= 15 is 0 Å². The van der Waals surface area contributed by atoms with E-state index < -0.39 is 10.0 Å². The molecular weight excluding hydrogens is 262 g/mol. The van der Waals surface area contributed by atoms with E-state index in [9.17, 15) is 8.42 Å². The Morgan fingerprint density at radius 3 is 2.53 bits per heavy atom. The van der Waals surface area contributed by atoms with Crippen molar-refractivity contribution in [1.29, 1.82) is 0 Å². The van der Waals surface area contributed by atoms with Gasteiger partial charge in [-0.2, -0.15) is 0 Å². The zero-order valence-electron chi connectivity index (χ0n) is 11.6. The van der Waals surface area contributed by atoms with Crippen molar-refractivity contribution in [3.8, 4) is 0 Å². The number of rotatable bonds is 4. The molecule has 2 atom stereocenters. The van der Waals surface area contributed by atoms with Gasteiger partial charge in [-0.15, -0.1) is 0 Å². The van der Waals surface area contributed by atoms with Crippen LogP contribution in [0.3, 0.4) is 0 Å². The number of nitrogens with one attached hydrogen (secondary N) is 1. The monoisotopic (exact) mass is 287 g/mol. The average Bonchev–Trinajstić information content (AvgIpc) is 3.11. The molecule has 0 bridgehead atoms. The van der Waals surface area contributed by atoms with Gasteiger partial charge in [-0.1, -0.05) is 0 Å². The van der Waals surface area contributed by atoms with Gasteiger partial charge in [0.1, 0.15) is 0 Å². The van der Waals surface area contributed by atoms with Crippen molar-refractivity contribution >= 4 is 10.0 Å². The second kappa shape index (κ2) is 5.68. The molecule has 3 aliphatic rings. The van der Waals surface area contributed by atoms with Crippen LogP contribution in [0.25, 0.3) is 0 Å². The zero-order chi connectivity index (χ0) is 13.3. The molecule has 3 heterocycles. The molecule has 2 unspecified atom stereocenters. The Kier molecular flexibility index (Phi) is 4.12. The van der Waals surface area contributed by atoms with Gasteiger partial charge < -0.3 is 5.32 Å². The van der Waals surface area contributed by atoms with E-state index in [2.05, 4.69) is 10.2 Å². The first-order valence-electron chi connectivity index (χ1n) is 7.60. The van der Waals surface area contributed by atoms with Gasteiger partial charge in [0.15, 0.2) is 0 Å². The van der Waals surface area contributed by atoms with Gasteiger partial charge in [-0.25, -0.2) is 12.7 Å². The summed E-state index contributed by atoms with van der Waals surface area (Å²) < 4.78 is 26.6. The third-order valence-corrected chi connectivity index (χ3v) is 6.69. The molecule has 0 aromatic heterocycles. The SMILES string of the molecule is O=S(=O)(CC1CCCN1)N1CCC(N2CCCC2)C1. The van der Waals surface area contributed by atoms with Crippen molar-refractivity contribution in [3.05, 3.63) is 0 Å². The van der Waals surface area contributed by atoms with Crippen LogP contribution in [0.4, 0.5) is 0 Å². The predicted octanol–water partition coefficient (Wildman–Crippen LogP) is 0.238. The standard InChI is InChI=1S/C13H25N3O2S/c17-19(18,11-12-4-3-6-14-12)16-9-5-13(10-16)15-7-1-2-8-15/h12-14H,1-11H2. The van der Waals surface area contributed by atoms with Crippen LogP contribution in [-0.4, -0.2) is 68.2 Å². The second-order valence-corrected chi connectivity index (χ2v) is 8.13. The Bertz CT molecular complexity index is 400. The van der Waals surface area contributed by atoms with E-state index in [-0.39, 0.29) is 6.04 Å². The summed E-state index contributed by atoms with van der Waals surface area (Å²) in [4.78, 5) is 2.48. The predicted molar refractivity (Wildman–Crippen MR) is 75.6 cm³/mol. The number of hydrogen-bond acceptors (Lipinski definition) is 4. The maximum absolute atomic E-state index is 12.4. The van der Waals surface area contributed by atoms with Crippen molar-refractivity contribution in [2.24, 2.45) is 0 Å². The first kappa shape index (κ1) is 13.8. The van der Waals surface area contributed by atoms with Crippen LogP contribution in [0.5, 0.6) is 0 Å². The highest BCUT2D eigenvalue weighted by Gasteiger charge is 2.36. The minimum absolute atomic E-state index is 0.177. The van der Waals surface area contributed by atoms with Crippen molar-refractivity contribution in [1.82, 2.24) is 14.5 Å². The minimum Gasteiger partial charge on any atom is -0.313 e. The van der Waals surface area contributed by atoms with E-state index in [1.54, 1.807) is 4.31 Å². The Morgan fingerprint density at radius 2 is 1.84 bits per heavy atom. The fourth-order valence-electron chi connectivity index (χ4n) is 3.63. The Labute approximate surface area is 116 Å². The topological polar surface area (TPSA) is 52.7 Å². The van der Waals surface area contributed by atoms with Crippen LogP contribution >= 0.6 is 0 Å². The van der Waals surface area contributed by atoms with Crippen molar-refractivity contribution in [2.45, 2.75) is 44.2 Å². The second-order valence-electron chi connectivity index (χ2n) is 6.12. The number of likely N-dealkylation sites (tertiary alicyclic amines) is 1. The summed E-state index contributed by atoms with van der Waals surface area (Å²) in [5, 5.41) is 3.29. The molecule has 0 spiro atoms. The molecule has 5 nitrogen and oxygen atoms in total. The van der Waals surface area contributed by atoms with Crippen LogP contribution in [0.2, 0.25) is 0 Å². The fourth-order valence-corrected chi connectivity index (χ4v) is 5.41. The summed E-state index contributed by atoms with van der Waals surface area (Å²) in [5.41, 5.74) is 0. The molecule has 0 saturated carbocycles. The van der Waals surface area contributed by atoms with Gasteiger partial charge in [-0.3, -0.25) is 4.90 Å². The van der Waals surface area contributed by atoms with Crippen LogP contribution in [0, 0.1) is 0 Å². The van der Waals surface area contributed by atoms with Gasteiger partial charge in [0.2, 0.25) is 10.0 Å². The summed E-state index contributed by atoms with van der Waals surface area (Å²) in [5.74, 6) is 0.291. The van der Waals surface area contributed by atoms with Crippen molar-refractivity contribution in [2.75, 3.05) is 38.5 Å². The lowest BCUT2D eigenvalue weighted by molar-refractivity contribution is 0.251. The summed E-state index contributed by atoms with van der Waals surface area (Å²) in [7, 11) is -3.06. The molecule has 3 saturated heterocycles. The molecule has 3 aliphatic heterocycles. The number of sulfonamides is 1. The summed E-state index contributed by atoms with van der Waals surface area (Å²) in [6, 6.07) is 0.643. The highest BCUT2D eigenvalue weighted by molar-refractivity contribution is 7.89. The molecule has 6 heteroatoms. The average molecular weight is 287 g/mol. The van der Waals surface area contributed by atoms with Crippen molar-refractivity contribution in [3.63, 3.8) is 0 Å². The molecule has 0 aromatic rings. The molecule has 0 aromatic carbocycles. The lowest BCUT2D eigenvalue weighted by atomic mass is 10.2. The maximum atomic E-state index is 12.4. The van der Waals surface area contributed by atoms with E-state index in [1.807, 2.05) is 0 Å². The minimum atomic E-state index is -3.06. The number of hydrogen-bond donors (Lipinski definition) is 1. The quantitative estimate of drug-likeness (QED) is 0.805. The largest absolute Gasteiger partial charge is 0.313 e. The van der Waals surface area contributed by atoms with Crippen LogP contribution in [-0.2, 0) is 10.0 Å².